The molecule has 0 aliphatic rings. The van der Waals surface area contributed by atoms with Crippen LogP contribution in [0.25, 0.3) is 10.9 Å². The van der Waals surface area contributed by atoms with E-state index < -0.39 is 12.8 Å². The van der Waals surface area contributed by atoms with Crippen molar-refractivity contribution in [1.29, 1.82) is 0 Å². The molecule has 3 nitrogen and oxygen atoms in total. The van der Waals surface area contributed by atoms with Gasteiger partial charge in [-0.25, -0.2) is 0 Å². The third-order valence-electron chi connectivity index (χ3n) is 3.03. The minimum absolute atomic E-state index is 0.0287. The Morgan fingerprint density at radius 1 is 1.29 bits per heavy atom. The van der Waals surface area contributed by atoms with E-state index in [1.807, 2.05) is 37.3 Å². The topological polar surface area (TPSA) is 34.1 Å². The first-order valence-corrected chi connectivity index (χ1v) is 6.72. The highest BCUT2D eigenvalue weighted by Gasteiger charge is 2.28. The second-order valence-corrected chi connectivity index (χ2v) is 4.70. The van der Waals surface area contributed by atoms with Gasteiger partial charge in [-0.1, -0.05) is 19.1 Å². The van der Waals surface area contributed by atoms with Crippen LogP contribution >= 0.6 is 0 Å². The van der Waals surface area contributed by atoms with Gasteiger partial charge in [-0.2, -0.15) is 13.2 Å². The lowest BCUT2D eigenvalue weighted by atomic mass is 10.0. The molecule has 0 saturated heterocycles. The van der Waals surface area contributed by atoms with Gasteiger partial charge in [-0.05, 0) is 30.3 Å². The number of fused-ring (bicyclic) bond motifs is 1. The summed E-state index contributed by atoms with van der Waals surface area (Å²) in [4.78, 5) is 4.22. The fourth-order valence-electron chi connectivity index (χ4n) is 2.12. The molecule has 1 atom stereocenters. The molecule has 0 amide bonds. The van der Waals surface area contributed by atoms with Crippen molar-refractivity contribution in [2.45, 2.75) is 19.1 Å². The van der Waals surface area contributed by atoms with E-state index in [1.165, 1.54) is 0 Å². The average Bonchev–Trinajstić information content (AvgIpc) is 2.44. The number of alkyl halides is 3. The van der Waals surface area contributed by atoms with E-state index in [1.54, 1.807) is 6.20 Å². The van der Waals surface area contributed by atoms with Gasteiger partial charge in [0, 0.05) is 11.6 Å². The highest BCUT2D eigenvalue weighted by molar-refractivity contribution is 5.79. The highest BCUT2D eigenvalue weighted by atomic mass is 19.4. The number of ether oxygens (including phenoxy) is 1. The van der Waals surface area contributed by atoms with Gasteiger partial charge in [0.05, 0.1) is 18.2 Å². The molecule has 0 aliphatic heterocycles. The van der Waals surface area contributed by atoms with E-state index in [2.05, 4.69) is 10.3 Å². The number of likely N-dealkylation sites (N-methyl/N-ethyl adjacent to an activating group) is 1. The Kier molecular flexibility index (Phi) is 5.14. The number of aromatic nitrogens is 1. The van der Waals surface area contributed by atoms with Crippen molar-refractivity contribution in [1.82, 2.24) is 10.3 Å². The quantitative estimate of drug-likeness (QED) is 0.886. The van der Waals surface area contributed by atoms with Gasteiger partial charge in [0.15, 0.2) is 0 Å². The monoisotopic (exact) mass is 298 g/mol. The molecule has 1 N–H and O–H groups in total. The van der Waals surface area contributed by atoms with Gasteiger partial charge in [0.1, 0.15) is 6.61 Å². The summed E-state index contributed by atoms with van der Waals surface area (Å²) in [7, 11) is 0. The van der Waals surface area contributed by atoms with Crippen LogP contribution in [0.4, 0.5) is 13.2 Å². The fraction of sp³-hybridized carbons (Fsp3) is 0.400. The Morgan fingerprint density at radius 2 is 2.10 bits per heavy atom. The zero-order valence-electron chi connectivity index (χ0n) is 11.7. The minimum atomic E-state index is -4.30. The Bertz CT molecular complexity index is 586. The van der Waals surface area contributed by atoms with E-state index in [4.69, 9.17) is 4.74 Å². The van der Waals surface area contributed by atoms with Crippen LogP contribution in [-0.2, 0) is 4.74 Å². The maximum atomic E-state index is 12.1. The van der Waals surface area contributed by atoms with E-state index in [9.17, 15) is 13.2 Å². The Hall–Kier alpha value is -1.66. The van der Waals surface area contributed by atoms with Gasteiger partial charge in [-0.3, -0.25) is 4.98 Å². The lowest BCUT2D eigenvalue weighted by molar-refractivity contribution is -0.175. The predicted molar refractivity (Wildman–Crippen MR) is 75.0 cm³/mol. The molecule has 1 heterocycles. The van der Waals surface area contributed by atoms with Crippen LogP contribution in [0.1, 0.15) is 18.5 Å². The summed E-state index contributed by atoms with van der Waals surface area (Å²) in [5.74, 6) is 0. The summed E-state index contributed by atoms with van der Waals surface area (Å²) in [6, 6.07) is 9.12. The van der Waals surface area contributed by atoms with E-state index in [0.717, 1.165) is 16.5 Å². The Balaban J connectivity index is 2.11. The van der Waals surface area contributed by atoms with Gasteiger partial charge >= 0.3 is 6.18 Å². The zero-order valence-corrected chi connectivity index (χ0v) is 11.7. The summed E-state index contributed by atoms with van der Waals surface area (Å²) in [5.41, 5.74) is 1.74. The summed E-state index contributed by atoms with van der Waals surface area (Å²) >= 11 is 0. The van der Waals surface area contributed by atoms with Crippen LogP contribution in [0.2, 0.25) is 0 Å². The first kappa shape index (κ1) is 15.7. The second kappa shape index (κ2) is 6.87. The number of halogens is 3. The van der Waals surface area contributed by atoms with Crippen molar-refractivity contribution < 1.29 is 17.9 Å². The van der Waals surface area contributed by atoms with Crippen molar-refractivity contribution in [2.75, 3.05) is 19.8 Å². The number of nitrogens with zero attached hydrogens (tertiary/aromatic N) is 1. The second-order valence-electron chi connectivity index (χ2n) is 4.70. The molecule has 1 unspecified atom stereocenters. The van der Waals surface area contributed by atoms with Crippen LogP contribution in [0.15, 0.2) is 36.5 Å². The van der Waals surface area contributed by atoms with Gasteiger partial charge in [0.25, 0.3) is 0 Å². The van der Waals surface area contributed by atoms with Gasteiger partial charge in [-0.15, -0.1) is 0 Å². The van der Waals surface area contributed by atoms with E-state index in [0.29, 0.717) is 6.54 Å². The molecule has 1 aromatic heterocycles. The SMILES string of the molecule is CCNC(COCC(F)(F)F)c1ccc2ncccc2c1. The number of benzene rings is 1. The molecule has 6 heteroatoms. The maximum Gasteiger partial charge on any atom is 0.411 e. The van der Waals surface area contributed by atoms with Crippen molar-refractivity contribution in [3.63, 3.8) is 0 Å². The lowest BCUT2D eigenvalue weighted by Gasteiger charge is -2.19. The number of pyridine rings is 1. The van der Waals surface area contributed by atoms with Crippen LogP contribution < -0.4 is 5.32 Å². The fourth-order valence-corrected chi connectivity index (χ4v) is 2.12. The predicted octanol–water partition coefficient (Wildman–Crippen LogP) is 3.46. The summed E-state index contributed by atoms with van der Waals surface area (Å²) < 4.78 is 41.2. The highest BCUT2D eigenvalue weighted by Crippen LogP contribution is 2.21. The van der Waals surface area contributed by atoms with Crippen molar-refractivity contribution in [3.05, 3.63) is 42.1 Å². The molecule has 0 bridgehead atoms. The van der Waals surface area contributed by atoms with Crippen molar-refractivity contribution in [3.8, 4) is 0 Å². The van der Waals surface area contributed by atoms with Crippen LogP contribution in [-0.4, -0.2) is 30.9 Å². The first-order chi connectivity index (χ1) is 9.99. The summed E-state index contributed by atoms with van der Waals surface area (Å²) in [6.45, 7) is 1.29. The number of nitrogens with one attached hydrogen (secondary N) is 1. The zero-order chi connectivity index (χ0) is 15.3. The number of hydrogen-bond donors (Lipinski definition) is 1. The number of rotatable bonds is 6. The minimum Gasteiger partial charge on any atom is -0.370 e. The van der Waals surface area contributed by atoms with Gasteiger partial charge in [0.2, 0.25) is 0 Å². The standard InChI is InChI=1S/C15H17F3N2O/c1-2-19-14(9-21-10-15(16,17)18)12-5-6-13-11(8-12)4-3-7-20-13/h3-8,14,19H,2,9-10H2,1H3. The molecule has 0 fully saturated rings. The molecule has 2 aromatic rings. The van der Waals surface area contributed by atoms with Crippen molar-refractivity contribution >= 4 is 10.9 Å². The van der Waals surface area contributed by atoms with Crippen LogP contribution in [0, 0.1) is 0 Å². The molecule has 0 radical (unpaired) electrons. The molecule has 0 spiro atoms. The molecule has 2 rings (SSSR count). The average molecular weight is 298 g/mol. The molecule has 21 heavy (non-hydrogen) atoms. The van der Waals surface area contributed by atoms with Crippen LogP contribution in [0.5, 0.6) is 0 Å². The van der Waals surface area contributed by atoms with Crippen LogP contribution in [0.3, 0.4) is 0 Å². The molecular formula is C15H17F3N2O. The normalized spacial score (nSPS) is 13.5. The molecule has 1 aromatic carbocycles. The molecular weight excluding hydrogens is 281 g/mol. The number of hydrogen-bond acceptors (Lipinski definition) is 3. The molecule has 0 aliphatic carbocycles. The Labute approximate surface area is 121 Å². The summed E-state index contributed by atoms with van der Waals surface area (Å²) in [5, 5.41) is 4.09. The molecule has 0 saturated carbocycles. The smallest absolute Gasteiger partial charge is 0.370 e. The Morgan fingerprint density at radius 3 is 2.81 bits per heavy atom. The first-order valence-electron chi connectivity index (χ1n) is 6.72. The van der Waals surface area contributed by atoms with Crippen molar-refractivity contribution in [2.24, 2.45) is 0 Å². The largest absolute Gasteiger partial charge is 0.411 e. The maximum absolute atomic E-state index is 12.1. The summed E-state index contributed by atoms with van der Waals surface area (Å²) in [6.07, 6.45) is -2.60. The third-order valence-corrected chi connectivity index (χ3v) is 3.03. The lowest BCUT2D eigenvalue weighted by Crippen LogP contribution is -2.28. The third kappa shape index (κ3) is 4.68. The van der Waals surface area contributed by atoms with Gasteiger partial charge < -0.3 is 10.1 Å². The van der Waals surface area contributed by atoms with E-state index in [-0.39, 0.29) is 12.6 Å². The van der Waals surface area contributed by atoms with E-state index >= 15 is 0 Å². The molecule has 114 valence electrons.